The molecule has 0 unspecified atom stereocenters. The van der Waals surface area contributed by atoms with Gasteiger partial charge in [-0.1, -0.05) is 0 Å². The summed E-state index contributed by atoms with van der Waals surface area (Å²) in [7, 11) is 0. The van der Waals surface area contributed by atoms with Crippen LogP contribution in [0.1, 0.15) is 10.4 Å². The zero-order valence-electron chi connectivity index (χ0n) is 10.1. The summed E-state index contributed by atoms with van der Waals surface area (Å²) in [6.07, 6.45) is 0. The maximum absolute atomic E-state index is 13.5. The van der Waals surface area contributed by atoms with Crippen LogP contribution in [0.25, 0.3) is 0 Å². The highest BCUT2D eigenvalue weighted by Gasteiger charge is 2.15. The average molecular weight is 281 g/mol. The molecule has 2 rings (SSSR count). The fourth-order valence-electron chi connectivity index (χ4n) is 1.68. The Morgan fingerprint density at radius 1 is 1.05 bits per heavy atom. The standard InChI is InChI=1S/C13H10F3N3O/c14-6-3-9(15)12(10(16)4-6)19-11-5-7(17)1-2-8(11)13(18)20/h1-5,19H,17H2,(H2,18,20). The summed E-state index contributed by atoms with van der Waals surface area (Å²) in [6.45, 7) is 0. The van der Waals surface area contributed by atoms with Gasteiger partial charge in [-0.3, -0.25) is 4.79 Å². The third kappa shape index (κ3) is 2.66. The van der Waals surface area contributed by atoms with Crippen LogP contribution >= 0.6 is 0 Å². The lowest BCUT2D eigenvalue weighted by Gasteiger charge is -2.12. The molecule has 0 atom stereocenters. The summed E-state index contributed by atoms with van der Waals surface area (Å²) in [5, 5.41) is 2.36. The highest BCUT2D eigenvalue weighted by atomic mass is 19.1. The first-order valence-corrected chi connectivity index (χ1v) is 5.49. The summed E-state index contributed by atoms with van der Waals surface area (Å²) in [4.78, 5) is 11.2. The molecule has 0 saturated carbocycles. The van der Waals surface area contributed by atoms with E-state index in [1.165, 1.54) is 18.2 Å². The normalized spacial score (nSPS) is 10.3. The van der Waals surface area contributed by atoms with Crippen molar-refractivity contribution >= 4 is 23.0 Å². The van der Waals surface area contributed by atoms with Gasteiger partial charge in [0.1, 0.15) is 11.5 Å². The van der Waals surface area contributed by atoms with E-state index in [1.807, 2.05) is 0 Å². The van der Waals surface area contributed by atoms with Crippen LogP contribution in [-0.4, -0.2) is 5.91 Å². The monoisotopic (exact) mass is 281 g/mol. The fourth-order valence-corrected chi connectivity index (χ4v) is 1.68. The van der Waals surface area contributed by atoms with Crippen molar-refractivity contribution in [3.63, 3.8) is 0 Å². The minimum absolute atomic E-state index is 0.00215. The predicted octanol–water partition coefficient (Wildman–Crippen LogP) is 2.53. The summed E-state index contributed by atoms with van der Waals surface area (Å²) < 4.78 is 39.9. The molecular formula is C13H10F3N3O. The number of rotatable bonds is 3. The van der Waals surface area contributed by atoms with Crippen molar-refractivity contribution in [3.8, 4) is 0 Å². The quantitative estimate of drug-likeness (QED) is 0.756. The van der Waals surface area contributed by atoms with Gasteiger partial charge in [-0.15, -0.1) is 0 Å². The second-order valence-corrected chi connectivity index (χ2v) is 4.04. The molecule has 2 aromatic carbocycles. The van der Waals surface area contributed by atoms with Crippen LogP contribution in [0.3, 0.4) is 0 Å². The molecule has 0 aliphatic heterocycles. The van der Waals surface area contributed by atoms with E-state index >= 15 is 0 Å². The number of primary amides is 1. The van der Waals surface area contributed by atoms with Crippen molar-refractivity contribution < 1.29 is 18.0 Å². The third-order valence-corrected chi connectivity index (χ3v) is 2.58. The van der Waals surface area contributed by atoms with Gasteiger partial charge in [-0.2, -0.15) is 0 Å². The van der Waals surface area contributed by atoms with Gasteiger partial charge in [0, 0.05) is 17.8 Å². The van der Waals surface area contributed by atoms with E-state index in [0.29, 0.717) is 12.1 Å². The van der Waals surface area contributed by atoms with Gasteiger partial charge < -0.3 is 16.8 Å². The molecule has 0 aliphatic carbocycles. The van der Waals surface area contributed by atoms with E-state index < -0.39 is 29.0 Å². The van der Waals surface area contributed by atoms with Crippen LogP contribution in [-0.2, 0) is 0 Å². The van der Waals surface area contributed by atoms with Crippen molar-refractivity contribution in [1.82, 2.24) is 0 Å². The van der Waals surface area contributed by atoms with Crippen molar-refractivity contribution in [2.45, 2.75) is 0 Å². The number of carbonyl (C=O) groups is 1. The maximum Gasteiger partial charge on any atom is 0.250 e. The molecule has 20 heavy (non-hydrogen) atoms. The average Bonchev–Trinajstić information content (AvgIpc) is 2.33. The molecule has 0 bridgehead atoms. The molecule has 0 fully saturated rings. The first-order chi connectivity index (χ1) is 9.38. The summed E-state index contributed by atoms with van der Waals surface area (Å²) >= 11 is 0. The van der Waals surface area contributed by atoms with E-state index in [4.69, 9.17) is 11.5 Å². The molecule has 1 amide bonds. The second kappa shape index (κ2) is 5.12. The van der Waals surface area contributed by atoms with Crippen LogP contribution in [0.4, 0.5) is 30.2 Å². The predicted molar refractivity (Wildman–Crippen MR) is 69.0 cm³/mol. The first kappa shape index (κ1) is 13.7. The Balaban J connectivity index is 2.50. The van der Waals surface area contributed by atoms with Crippen LogP contribution in [0.2, 0.25) is 0 Å². The molecule has 0 aliphatic rings. The van der Waals surface area contributed by atoms with E-state index in [9.17, 15) is 18.0 Å². The molecular weight excluding hydrogens is 271 g/mol. The van der Waals surface area contributed by atoms with E-state index in [1.54, 1.807) is 0 Å². The highest BCUT2D eigenvalue weighted by molar-refractivity contribution is 5.99. The molecule has 0 spiro atoms. The molecule has 104 valence electrons. The Labute approximate surface area is 112 Å². The van der Waals surface area contributed by atoms with E-state index in [-0.39, 0.29) is 16.9 Å². The summed E-state index contributed by atoms with van der Waals surface area (Å²) in [5.74, 6) is -4.12. The number of halogens is 3. The summed E-state index contributed by atoms with van der Waals surface area (Å²) in [6, 6.07) is 5.06. The van der Waals surface area contributed by atoms with Gasteiger partial charge in [0.15, 0.2) is 11.6 Å². The molecule has 5 N–H and O–H groups in total. The largest absolute Gasteiger partial charge is 0.399 e. The topological polar surface area (TPSA) is 81.1 Å². The van der Waals surface area contributed by atoms with Crippen molar-refractivity contribution in [2.75, 3.05) is 11.1 Å². The number of amides is 1. The lowest BCUT2D eigenvalue weighted by molar-refractivity contribution is 0.100. The van der Waals surface area contributed by atoms with Crippen LogP contribution in [0, 0.1) is 17.5 Å². The molecule has 2 aromatic rings. The zero-order valence-corrected chi connectivity index (χ0v) is 10.1. The Hall–Kier alpha value is -2.70. The number of anilines is 3. The Morgan fingerprint density at radius 3 is 2.20 bits per heavy atom. The number of nitrogens with two attached hydrogens (primary N) is 2. The fraction of sp³-hybridized carbons (Fsp3) is 0. The van der Waals surface area contributed by atoms with Gasteiger partial charge >= 0.3 is 0 Å². The molecule has 7 heteroatoms. The lowest BCUT2D eigenvalue weighted by Crippen LogP contribution is -2.14. The minimum Gasteiger partial charge on any atom is -0.399 e. The minimum atomic E-state index is -1.14. The Morgan fingerprint density at radius 2 is 1.65 bits per heavy atom. The van der Waals surface area contributed by atoms with Crippen LogP contribution in [0.5, 0.6) is 0 Å². The molecule has 4 nitrogen and oxygen atoms in total. The van der Waals surface area contributed by atoms with Gasteiger partial charge in [-0.25, -0.2) is 13.2 Å². The Kier molecular flexibility index (Phi) is 3.51. The SMILES string of the molecule is NC(=O)c1ccc(N)cc1Nc1c(F)cc(F)cc1F. The number of nitrogen functional groups attached to an aromatic ring is 1. The van der Waals surface area contributed by atoms with Crippen LogP contribution in [0.15, 0.2) is 30.3 Å². The molecule has 0 radical (unpaired) electrons. The van der Waals surface area contributed by atoms with Crippen molar-refractivity contribution in [3.05, 3.63) is 53.3 Å². The highest BCUT2D eigenvalue weighted by Crippen LogP contribution is 2.27. The Bertz CT molecular complexity index is 666. The lowest BCUT2D eigenvalue weighted by atomic mass is 10.1. The number of nitrogens with one attached hydrogen (secondary N) is 1. The second-order valence-electron chi connectivity index (χ2n) is 4.04. The van der Waals surface area contributed by atoms with Gasteiger partial charge in [-0.05, 0) is 18.2 Å². The molecule has 0 heterocycles. The van der Waals surface area contributed by atoms with E-state index in [0.717, 1.165) is 0 Å². The number of carbonyl (C=O) groups excluding carboxylic acids is 1. The third-order valence-electron chi connectivity index (χ3n) is 2.58. The summed E-state index contributed by atoms with van der Waals surface area (Å²) in [5.41, 5.74) is 10.4. The number of hydrogen-bond donors (Lipinski definition) is 3. The first-order valence-electron chi connectivity index (χ1n) is 5.49. The van der Waals surface area contributed by atoms with Crippen LogP contribution < -0.4 is 16.8 Å². The molecule has 0 aromatic heterocycles. The van der Waals surface area contributed by atoms with Gasteiger partial charge in [0.2, 0.25) is 0 Å². The smallest absolute Gasteiger partial charge is 0.250 e. The van der Waals surface area contributed by atoms with Crippen molar-refractivity contribution in [1.29, 1.82) is 0 Å². The number of benzene rings is 2. The van der Waals surface area contributed by atoms with Crippen molar-refractivity contribution in [2.24, 2.45) is 5.73 Å². The molecule has 0 saturated heterocycles. The number of hydrogen-bond acceptors (Lipinski definition) is 3. The zero-order chi connectivity index (χ0) is 14.9. The van der Waals surface area contributed by atoms with E-state index in [2.05, 4.69) is 5.32 Å². The maximum atomic E-state index is 13.5. The van der Waals surface area contributed by atoms with Gasteiger partial charge in [0.05, 0.1) is 11.3 Å². The van der Waals surface area contributed by atoms with Gasteiger partial charge in [0.25, 0.3) is 5.91 Å².